The molecule has 0 spiro atoms. The maximum atomic E-state index is 12.8. The molecule has 3 aliphatic rings. The zero-order valence-corrected chi connectivity index (χ0v) is 18.1. The van der Waals surface area contributed by atoms with Crippen molar-refractivity contribution >= 4 is 45.7 Å². The number of carboxylic acid groups (broad SMARTS) is 1. The second-order valence-corrected chi connectivity index (χ2v) is 9.33. The summed E-state index contributed by atoms with van der Waals surface area (Å²) >= 11 is 1.89. The lowest BCUT2D eigenvalue weighted by Gasteiger charge is -2.35. The van der Waals surface area contributed by atoms with Crippen molar-refractivity contribution in [1.82, 2.24) is 4.57 Å². The summed E-state index contributed by atoms with van der Waals surface area (Å²) in [6.07, 6.45) is 5.23. The van der Waals surface area contributed by atoms with E-state index in [1.165, 1.54) is 16.7 Å². The van der Waals surface area contributed by atoms with Crippen molar-refractivity contribution in [2.75, 3.05) is 36.6 Å². The first kappa shape index (κ1) is 20.0. The normalized spacial score (nSPS) is 20.3. The zero-order chi connectivity index (χ0) is 21.7. The molecule has 1 aromatic carbocycles. The van der Waals surface area contributed by atoms with Gasteiger partial charge < -0.3 is 25.1 Å². The maximum absolute atomic E-state index is 12.8. The van der Waals surface area contributed by atoms with Crippen molar-refractivity contribution in [3.05, 3.63) is 44.6 Å². The number of aromatic nitrogens is 1. The molecule has 1 aromatic heterocycles. The second kappa shape index (κ2) is 7.64. The third kappa shape index (κ3) is 3.46. The highest BCUT2D eigenvalue weighted by Crippen LogP contribution is 2.41. The quantitative estimate of drug-likeness (QED) is 0.555. The van der Waals surface area contributed by atoms with Crippen molar-refractivity contribution in [3.63, 3.8) is 0 Å². The molecule has 0 unspecified atom stereocenters. The molecule has 2 aromatic rings. The molecule has 0 amide bonds. The molecular weight excluding hydrogens is 416 g/mol. The lowest BCUT2D eigenvalue weighted by Crippen LogP contribution is -2.36. The summed E-state index contributed by atoms with van der Waals surface area (Å²) in [6, 6.07) is 3.82. The monoisotopic (exact) mass is 440 g/mol. The number of hydrogen-bond acceptors (Lipinski definition) is 7. The number of hydrogen-bond donors (Lipinski definition) is 2. The van der Waals surface area contributed by atoms with Gasteiger partial charge in [-0.1, -0.05) is 5.16 Å². The molecule has 0 radical (unpaired) electrons. The van der Waals surface area contributed by atoms with Gasteiger partial charge in [0.15, 0.2) is 0 Å². The summed E-state index contributed by atoms with van der Waals surface area (Å²) in [5, 5.41) is 14.1. The highest BCUT2D eigenvalue weighted by molar-refractivity contribution is 8.03. The summed E-state index contributed by atoms with van der Waals surface area (Å²) in [6.45, 7) is 1.50. The van der Waals surface area contributed by atoms with Gasteiger partial charge in [0.2, 0.25) is 5.43 Å². The van der Waals surface area contributed by atoms with E-state index in [0.29, 0.717) is 17.6 Å². The predicted octanol–water partition coefficient (Wildman–Crippen LogP) is 3.22. The van der Waals surface area contributed by atoms with E-state index in [4.69, 9.17) is 10.6 Å². The van der Waals surface area contributed by atoms with Gasteiger partial charge in [-0.25, -0.2) is 4.79 Å². The van der Waals surface area contributed by atoms with Gasteiger partial charge >= 0.3 is 5.97 Å². The highest BCUT2D eigenvalue weighted by atomic mass is 32.2. The minimum atomic E-state index is -1.21. The number of nitrogens with two attached hydrogens (primary N) is 1. The van der Waals surface area contributed by atoms with Crippen LogP contribution in [0.1, 0.15) is 42.1 Å². The third-order valence-electron chi connectivity index (χ3n) is 6.15. The number of carbonyl (C=O) groups is 1. The molecule has 3 N–H and O–H groups in total. The number of thioether (sulfide) groups is 1. The lowest BCUT2D eigenvalue weighted by molar-refractivity contribution is 0.0695. The van der Waals surface area contributed by atoms with Gasteiger partial charge in [0, 0.05) is 48.5 Å². The largest absolute Gasteiger partial charge is 0.477 e. The first-order valence-electron chi connectivity index (χ1n) is 10.4. The predicted molar refractivity (Wildman–Crippen MR) is 123 cm³/mol. The molecule has 8 nitrogen and oxygen atoms in total. The molecule has 1 aliphatic carbocycles. The van der Waals surface area contributed by atoms with Gasteiger partial charge in [0.25, 0.3) is 0 Å². The molecule has 3 heterocycles. The Balaban J connectivity index is 1.61. The van der Waals surface area contributed by atoms with Gasteiger partial charge in [-0.05, 0) is 36.3 Å². The smallest absolute Gasteiger partial charge is 0.341 e. The Morgan fingerprint density at radius 2 is 2.13 bits per heavy atom. The summed E-state index contributed by atoms with van der Waals surface area (Å²) in [5.74, 6) is -0.196. The molecule has 1 saturated carbocycles. The fourth-order valence-electron chi connectivity index (χ4n) is 4.48. The molecule has 2 aliphatic heterocycles. The van der Waals surface area contributed by atoms with Crippen LogP contribution in [0.5, 0.6) is 0 Å². The Hall–Kier alpha value is -2.94. The highest BCUT2D eigenvalue weighted by Gasteiger charge is 2.30. The van der Waals surface area contributed by atoms with Crippen molar-refractivity contribution < 1.29 is 14.7 Å². The van der Waals surface area contributed by atoms with Crippen molar-refractivity contribution in [2.45, 2.75) is 31.7 Å². The molecule has 5 rings (SSSR count). The topological polar surface area (TPSA) is 110 Å². The second-order valence-electron chi connectivity index (χ2n) is 8.14. The first-order chi connectivity index (χ1) is 15.0. The molecule has 0 saturated heterocycles. The van der Waals surface area contributed by atoms with E-state index in [-0.39, 0.29) is 11.6 Å². The number of fused-ring (bicyclic) bond motifs is 1. The van der Waals surface area contributed by atoms with E-state index in [1.807, 2.05) is 22.4 Å². The van der Waals surface area contributed by atoms with Crippen molar-refractivity contribution in [1.29, 1.82) is 0 Å². The van der Waals surface area contributed by atoms with Crippen LogP contribution in [0.15, 0.2) is 38.8 Å². The number of anilines is 2. The van der Waals surface area contributed by atoms with Gasteiger partial charge in [-0.2, -0.15) is 0 Å². The number of rotatable bonds is 4. The Morgan fingerprint density at radius 3 is 2.84 bits per heavy atom. The van der Waals surface area contributed by atoms with E-state index in [9.17, 15) is 14.7 Å². The van der Waals surface area contributed by atoms with Crippen LogP contribution >= 0.6 is 11.8 Å². The summed E-state index contributed by atoms with van der Waals surface area (Å²) in [7, 11) is 1.57. The van der Waals surface area contributed by atoms with Gasteiger partial charge in [-0.3, -0.25) is 4.79 Å². The van der Waals surface area contributed by atoms with Crippen LogP contribution in [0.2, 0.25) is 0 Å². The van der Waals surface area contributed by atoms with Crippen molar-refractivity contribution in [3.8, 4) is 0 Å². The fourth-order valence-corrected chi connectivity index (χ4v) is 5.61. The van der Waals surface area contributed by atoms with E-state index in [0.717, 1.165) is 54.9 Å². The Kier molecular flexibility index (Phi) is 4.92. The van der Waals surface area contributed by atoms with E-state index in [1.54, 1.807) is 13.2 Å². The van der Waals surface area contributed by atoms with E-state index < -0.39 is 11.4 Å². The van der Waals surface area contributed by atoms with Crippen LogP contribution in [-0.4, -0.2) is 47.3 Å². The Bertz CT molecular complexity index is 1210. The molecule has 9 heteroatoms. The minimum Gasteiger partial charge on any atom is -0.477 e. The molecule has 1 fully saturated rings. The summed E-state index contributed by atoms with van der Waals surface area (Å²) in [5.41, 5.74) is 9.98. The van der Waals surface area contributed by atoms with Crippen LogP contribution in [0.3, 0.4) is 0 Å². The van der Waals surface area contributed by atoms with E-state index in [2.05, 4.69) is 10.1 Å². The fraction of sp³-hybridized carbons (Fsp3) is 0.409. The van der Waals surface area contributed by atoms with Gasteiger partial charge in [0.1, 0.15) is 12.7 Å². The molecule has 31 heavy (non-hydrogen) atoms. The Labute approximate surface area is 183 Å². The van der Waals surface area contributed by atoms with Gasteiger partial charge in [0.05, 0.1) is 22.6 Å². The minimum absolute atomic E-state index is 0.209. The van der Waals surface area contributed by atoms with Crippen molar-refractivity contribution in [2.24, 2.45) is 5.16 Å². The molecular formula is C22H24N4O4S. The zero-order valence-electron chi connectivity index (χ0n) is 17.3. The van der Waals surface area contributed by atoms with E-state index >= 15 is 0 Å². The molecule has 162 valence electrons. The number of nitrogens with zero attached hydrogens (tertiary/aromatic N) is 3. The van der Waals surface area contributed by atoms with Crippen LogP contribution in [0, 0.1) is 0 Å². The average Bonchev–Trinajstić information content (AvgIpc) is 3.59. The lowest BCUT2D eigenvalue weighted by atomic mass is 10.0. The Morgan fingerprint density at radius 1 is 1.32 bits per heavy atom. The van der Waals surface area contributed by atoms with Crippen LogP contribution < -0.4 is 16.1 Å². The number of pyridine rings is 1. The van der Waals surface area contributed by atoms with Gasteiger partial charge in [-0.15, -0.1) is 11.8 Å². The maximum Gasteiger partial charge on any atom is 0.341 e. The SMILES string of the molecule is CO/N=C1\CCSC2=C1CN(c1cc3c(cc1N)c(=O)c(C(=O)O)cn3C1CC1)CC2. The summed E-state index contributed by atoms with van der Waals surface area (Å²) < 4.78 is 1.94. The van der Waals surface area contributed by atoms with Crippen LogP contribution in [0.4, 0.5) is 11.4 Å². The first-order valence-corrected chi connectivity index (χ1v) is 11.4. The molecule has 0 atom stereocenters. The number of nitrogen functional groups attached to an aromatic ring is 1. The summed E-state index contributed by atoms with van der Waals surface area (Å²) in [4.78, 5) is 33.0. The average molecular weight is 441 g/mol. The standard InChI is InChI=1S/C22H24N4O4S/c1-30-24-17-5-7-31-20-4-6-25(10-14(17)20)19-9-18-13(8-16(19)23)21(27)15(22(28)29)11-26(18)12-2-3-12/h8-9,11-12H,2-7,10,23H2,1H3,(H,28,29)/b24-17+. The molecule has 0 bridgehead atoms. The van der Waals surface area contributed by atoms with Crippen LogP contribution in [0.25, 0.3) is 10.9 Å². The number of oxime groups is 1. The number of benzene rings is 1. The third-order valence-corrected chi connectivity index (χ3v) is 7.36. The number of carboxylic acids is 1. The van der Waals surface area contributed by atoms with Crippen LogP contribution in [-0.2, 0) is 4.84 Å². The number of aromatic carboxylic acids is 1.